The van der Waals surface area contributed by atoms with Crippen molar-refractivity contribution < 1.29 is 9.13 Å². The molecule has 1 nitrogen and oxygen atoms in total. The van der Waals surface area contributed by atoms with E-state index in [0.29, 0.717) is 12.2 Å². The molecular formula is C25H18BrFO. The van der Waals surface area contributed by atoms with Crippen LogP contribution < -0.4 is 4.74 Å². The summed E-state index contributed by atoms with van der Waals surface area (Å²) in [6.07, 6.45) is 0. The molecule has 0 spiro atoms. The van der Waals surface area contributed by atoms with Crippen LogP contribution in [-0.4, -0.2) is 0 Å². The molecule has 0 radical (unpaired) electrons. The molecule has 0 atom stereocenters. The Morgan fingerprint density at radius 1 is 0.679 bits per heavy atom. The molecule has 3 heteroatoms. The van der Waals surface area contributed by atoms with Gasteiger partial charge in [0.25, 0.3) is 0 Å². The molecule has 28 heavy (non-hydrogen) atoms. The lowest BCUT2D eigenvalue weighted by Gasteiger charge is -2.09. The highest BCUT2D eigenvalue weighted by molar-refractivity contribution is 9.10. The van der Waals surface area contributed by atoms with Crippen LogP contribution in [0.1, 0.15) is 5.56 Å². The first kappa shape index (κ1) is 18.5. The van der Waals surface area contributed by atoms with Crippen LogP contribution in [0.15, 0.2) is 102 Å². The fraction of sp³-hybridized carbons (Fsp3) is 0.0400. The van der Waals surface area contributed by atoms with E-state index in [9.17, 15) is 4.39 Å². The molecule has 4 aromatic carbocycles. The lowest BCUT2D eigenvalue weighted by atomic mass is 9.99. The Balaban J connectivity index is 1.50. The van der Waals surface area contributed by atoms with Gasteiger partial charge in [0.05, 0.1) is 0 Å². The van der Waals surface area contributed by atoms with E-state index in [4.69, 9.17) is 4.74 Å². The minimum atomic E-state index is -0.238. The lowest BCUT2D eigenvalue weighted by molar-refractivity contribution is 0.306. The Hall–Kier alpha value is -2.91. The van der Waals surface area contributed by atoms with Gasteiger partial charge in [0.2, 0.25) is 0 Å². The Kier molecular flexibility index (Phi) is 5.54. The van der Waals surface area contributed by atoms with E-state index < -0.39 is 0 Å². The van der Waals surface area contributed by atoms with Crippen LogP contribution in [0.2, 0.25) is 0 Å². The lowest BCUT2D eigenvalue weighted by Crippen LogP contribution is -1.95. The van der Waals surface area contributed by atoms with Gasteiger partial charge in [-0.15, -0.1) is 0 Å². The predicted octanol–water partition coefficient (Wildman–Crippen LogP) is 7.50. The summed E-state index contributed by atoms with van der Waals surface area (Å²) in [5.74, 6) is 0.526. The zero-order chi connectivity index (χ0) is 19.3. The highest BCUT2D eigenvalue weighted by Crippen LogP contribution is 2.30. The average Bonchev–Trinajstić information content (AvgIpc) is 2.74. The molecule has 0 saturated carbocycles. The predicted molar refractivity (Wildman–Crippen MR) is 116 cm³/mol. The molecule has 0 bridgehead atoms. The maximum atomic E-state index is 14.7. The normalized spacial score (nSPS) is 10.6. The van der Waals surface area contributed by atoms with Crippen LogP contribution in [0.3, 0.4) is 0 Å². The van der Waals surface area contributed by atoms with E-state index in [1.165, 1.54) is 0 Å². The molecule has 0 aromatic heterocycles. The zero-order valence-corrected chi connectivity index (χ0v) is 16.7. The first-order valence-electron chi connectivity index (χ1n) is 9.02. The quantitative estimate of drug-likeness (QED) is 0.317. The molecule has 0 heterocycles. The van der Waals surface area contributed by atoms with Crippen molar-refractivity contribution in [2.45, 2.75) is 6.61 Å². The molecule has 138 valence electrons. The van der Waals surface area contributed by atoms with Crippen LogP contribution in [0.25, 0.3) is 22.3 Å². The van der Waals surface area contributed by atoms with Gasteiger partial charge >= 0.3 is 0 Å². The van der Waals surface area contributed by atoms with Gasteiger partial charge in [-0.25, -0.2) is 4.39 Å². The molecule has 4 rings (SSSR count). The second-order valence-corrected chi connectivity index (χ2v) is 7.42. The van der Waals surface area contributed by atoms with Crippen LogP contribution in [0.4, 0.5) is 4.39 Å². The summed E-state index contributed by atoms with van der Waals surface area (Å²) in [6, 6.07) is 30.7. The summed E-state index contributed by atoms with van der Waals surface area (Å²) < 4.78 is 21.5. The Morgan fingerprint density at radius 2 is 1.32 bits per heavy atom. The minimum Gasteiger partial charge on any atom is -0.489 e. The number of hydrogen-bond donors (Lipinski definition) is 0. The van der Waals surface area contributed by atoms with E-state index in [0.717, 1.165) is 32.5 Å². The van der Waals surface area contributed by atoms with Crippen molar-refractivity contribution in [1.29, 1.82) is 0 Å². The maximum absolute atomic E-state index is 14.7. The summed E-state index contributed by atoms with van der Waals surface area (Å²) in [5, 5.41) is 0. The summed E-state index contributed by atoms with van der Waals surface area (Å²) in [7, 11) is 0. The number of rotatable bonds is 5. The Morgan fingerprint density at radius 3 is 2.00 bits per heavy atom. The van der Waals surface area contributed by atoms with Crippen LogP contribution in [-0.2, 0) is 6.61 Å². The van der Waals surface area contributed by atoms with Gasteiger partial charge in [-0.3, -0.25) is 0 Å². The molecular weight excluding hydrogens is 415 g/mol. The van der Waals surface area contributed by atoms with E-state index in [-0.39, 0.29) is 5.82 Å². The van der Waals surface area contributed by atoms with Crippen molar-refractivity contribution in [1.82, 2.24) is 0 Å². The fourth-order valence-corrected chi connectivity index (χ4v) is 3.31. The smallest absolute Gasteiger partial charge is 0.131 e. The van der Waals surface area contributed by atoms with Gasteiger partial charge in [0, 0.05) is 10.0 Å². The first-order valence-corrected chi connectivity index (χ1v) is 9.81. The summed E-state index contributed by atoms with van der Waals surface area (Å²) in [6.45, 7) is 0.510. The van der Waals surface area contributed by atoms with E-state index in [1.54, 1.807) is 6.07 Å². The van der Waals surface area contributed by atoms with Gasteiger partial charge in [0.15, 0.2) is 0 Å². The first-order chi connectivity index (χ1) is 13.7. The largest absolute Gasteiger partial charge is 0.489 e. The summed E-state index contributed by atoms with van der Waals surface area (Å²) in [5.41, 5.74) is 4.36. The third-order valence-electron chi connectivity index (χ3n) is 4.56. The maximum Gasteiger partial charge on any atom is 0.131 e. The van der Waals surface area contributed by atoms with Crippen LogP contribution in [0.5, 0.6) is 5.75 Å². The van der Waals surface area contributed by atoms with E-state index >= 15 is 0 Å². The van der Waals surface area contributed by atoms with Crippen molar-refractivity contribution in [2.24, 2.45) is 0 Å². The van der Waals surface area contributed by atoms with Crippen molar-refractivity contribution in [3.05, 3.63) is 113 Å². The molecule has 0 amide bonds. The molecule has 0 unspecified atom stereocenters. The molecule has 0 fully saturated rings. The molecule has 0 aliphatic heterocycles. The third-order valence-corrected chi connectivity index (χ3v) is 5.09. The number of benzene rings is 4. The second-order valence-electron chi connectivity index (χ2n) is 6.50. The Labute approximate surface area is 172 Å². The van der Waals surface area contributed by atoms with Crippen molar-refractivity contribution >= 4 is 15.9 Å². The molecule has 0 aliphatic rings. The monoisotopic (exact) mass is 432 g/mol. The molecule has 0 saturated heterocycles. The fourth-order valence-electron chi connectivity index (χ4n) is 3.04. The summed E-state index contributed by atoms with van der Waals surface area (Å²) >= 11 is 3.42. The van der Waals surface area contributed by atoms with Crippen LogP contribution >= 0.6 is 15.9 Å². The van der Waals surface area contributed by atoms with Gasteiger partial charge in [-0.2, -0.15) is 0 Å². The van der Waals surface area contributed by atoms with Gasteiger partial charge < -0.3 is 4.74 Å². The third kappa shape index (κ3) is 4.32. The van der Waals surface area contributed by atoms with Gasteiger partial charge in [0.1, 0.15) is 18.2 Å². The molecule has 4 aromatic rings. The highest BCUT2D eigenvalue weighted by Gasteiger charge is 2.08. The Bertz CT molecular complexity index is 1060. The van der Waals surface area contributed by atoms with Crippen molar-refractivity contribution in [3.8, 4) is 28.0 Å². The molecule has 0 N–H and O–H groups in total. The van der Waals surface area contributed by atoms with Gasteiger partial charge in [-0.05, 0) is 52.6 Å². The van der Waals surface area contributed by atoms with Crippen molar-refractivity contribution in [3.63, 3.8) is 0 Å². The van der Waals surface area contributed by atoms with E-state index in [2.05, 4.69) is 15.9 Å². The highest BCUT2D eigenvalue weighted by atomic mass is 79.9. The standard InChI is InChI=1S/C25H18BrFO/c26-22-11-6-19(7-12-22)21-10-15-24(25(27)16-21)20-8-13-23(14-9-20)28-17-18-4-2-1-3-5-18/h1-16H,17H2. The number of halogens is 2. The van der Waals surface area contributed by atoms with Crippen molar-refractivity contribution in [2.75, 3.05) is 0 Å². The van der Waals surface area contributed by atoms with Gasteiger partial charge in [-0.1, -0.05) is 82.7 Å². The minimum absolute atomic E-state index is 0.238. The molecule has 0 aliphatic carbocycles. The number of ether oxygens (including phenoxy) is 1. The average molecular weight is 433 g/mol. The number of hydrogen-bond acceptors (Lipinski definition) is 1. The summed E-state index contributed by atoms with van der Waals surface area (Å²) in [4.78, 5) is 0. The second kappa shape index (κ2) is 8.41. The topological polar surface area (TPSA) is 9.23 Å². The zero-order valence-electron chi connectivity index (χ0n) is 15.1. The van der Waals surface area contributed by atoms with E-state index in [1.807, 2.05) is 91.0 Å². The SMILES string of the molecule is Fc1cc(-c2ccc(Br)cc2)ccc1-c1ccc(OCc2ccccc2)cc1. The van der Waals surface area contributed by atoms with Crippen LogP contribution in [0, 0.1) is 5.82 Å².